The maximum atomic E-state index is 9.81. The average molecular weight is 196 g/mol. The third-order valence-corrected chi connectivity index (χ3v) is 1.44. The van der Waals surface area contributed by atoms with Gasteiger partial charge in [-0.05, 0) is 13.8 Å². The second-order valence-electron chi connectivity index (χ2n) is 2.71. The molecule has 0 aliphatic heterocycles. The van der Waals surface area contributed by atoms with Gasteiger partial charge in [-0.2, -0.15) is 0 Å². The summed E-state index contributed by atoms with van der Waals surface area (Å²) < 4.78 is 0. The topological polar surface area (TPSA) is 37.3 Å². The molecule has 0 aromatic heterocycles. The Bertz CT molecular complexity index is 217. The second kappa shape index (κ2) is 11.8. The first-order chi connectivity index (χ1) is 6.66. The monoisotopic (exact) mass is 196 g/mol. The lowest BCUT2D eigenvalue weighted by Crippen LogP contribution is -1.80. The summed E-state index contributed by atoms with van der Waals surface area (Å²) in [5.74, 6) is 0.255. The van der Waals surface area contributed by atoms with Gasteiger partial charge in [-0.1, -0.05) is 42.8 Å². The smallest absolute Gasteiger partial charge is 0.129 e. The van der Waals surface area contributed by atoms with E-state index in [-0.39, 0.29) is 5.78 Å². The molecule has 0 aliphatic carbocycles. The molecule has 80 valence electrons. The summed E-state index contributed by atoms with van der Waals surface area (Å²) in [6.07, 6.45) is 0.667. The predicted octanol–water partition coefficient (Wildman–Crippen LogP) is 2.59. The van der Waals surface area contributed by atoms with Gasteiger partial charge in [0.25, 0.3) is 0 Å². The van der Waals surface area contributed by atoms with Crippen molar-refractivity contribution < 1.29 is 9.90 Å². The lowest BCUT2D eigenvalue weighted by molar-refractivity contribution is -0.116. The number of carbonyl (C=O) groups excluding carboxylic acids is 1. The number of hydrogen-bond donors (Lipinski definition) is 1. The third kappa shape index (κ3) is 13.4. The fraction of sp³-hybridized carbons (Fsp3) is 0.417. The summed E-state index contributed by atoms with van der Waals surface area (Å²) in [6.45, 7) is 5.52. The SMILES string of the molecule is CCC(C)=O.CO.Cc1ccccc1. The Morgan fingerprint density at radius 3 is 1.71 bits per heavy atom. The Balaban J connectivity index is 0. The molecule has 0 fully saturated rings. The van der Waals surface area contributed by atoms with Crippen LogP contribution in [-0.2, 0) is 4.79 Å². The highest BCUT2D eigenvalue weighted by atomic mass is 16.2. The molecule has 1 rings (SSSR count). The summed E-state index contributed by atoms with van der Waals surface area (Å²) in [5, 5.41) is 7.00. The van der Waals surface area contributed by atoms with Crippen molar-refractivity contribution in [3.63, 3.8) is 0 Å². The zero-order valence-corrected chi connectivity index (χ0v) is 9.45. The normalized spacial score (nSPS) is 7.50. The fourth-order valence-corrected chi connectivity index (χ4v) is 0.534. The van der Waals surface area contributed by atoms with E-state index < -0.39 is 0 Å². The van der Waals surface area contributed by atoms with E-state index in [0.717, 1.165) is 7.11 Å². The second-order valence-corrected chi connectivity index (χ2v) is 2.71. The zero-order chi connectivity index (χ0) is 11.4. The van der Waals surface area contributed by atoms with Gasteiger partial charge in [0.15, 0.2) is 0 Å². The number of ketones is 1. The van der Waals surface area contributed by atoms with Crippen molar-refractivity contribution in [2.24, 2.45) is 0 Å². The first kappa shape index (κ1) is 15.3. The highest BCUT2D eigenvalue weighted by Gasteiger charge is 1.76. The van der Waals surface area contributed by atoms with Gasteiger partial charge in [-0.3, -0.25) is 0 Å². The van der Waals surface area contributed by atoms with Gasteiger partial charge in [0.2, 0.25) is 0 Å². The van der Waals surface area contributed by atoms with E-state index in [1.54, 1.807) is 6.92 Å². The maximum absolute atomic E-state index is 9.81. The minimum atomic E-state index is 0.255. The minimum absolute atomic E-state index is 0.255. The Kier molecular flexibility index (Phi) is 13.0. The van der Waals surface area contributed by atoms with Crippen LogP contribution in [0.1, 0.15) is 25.8 Å². The first-order valence-corrected chi connectivity index (χ1v) is 4.62. The van der Waals surface area contributed by atoms with Crippen LogP contribution in [0.25, 0.3) is 0 Å². The van der Waals surface area contributed by atoms with Gasteiger partial charge in [0.1, 0.15) is 5.78 Å². The molecule has 0 radical (unpaired) electrons. The summed E-state index contributed by atoms with van der Waals surface area (Å²) in [7, 11) is 1.00. The van der Waals surface area contributed by atoms with Gasteiger partial charge in [-0.15, -0.1) is 0 Å². The molecule has 0 bridgehead atoms. The molecule has 0 heterocycles. The molecule has 0 spiro atoms. The van der Waals surface area contributed by atoms with E-state index in [1.807, 2.05) is 25.1 Å². The van der Waals surface area contributed by atoms with Crippen LogP contribution < -0.4 is 0 Å². The number of aryl methyl sites for hydroxylation is 1. The van der Waals surface area contributed by atoms with Crippen LogP contribution in [0.3, 0.4) is 0 Å². The van der Waals surface area contributed by atoms with E-state index in [4.69, 9.17) is 5.11 Å². The highest BCUT2D eigenvalue weighted by Crippen LogP contribution is 1.92. The molecule has 1 aromatic rings. The van der Waals surface area contributed by atoms with Crippen molar-refractivity contribution in [1.82, 2.24) is 0 Å². The minimum Gasteiger partial charge on any atom is -0.400 e. The van der Waals surface area contributed by atoms with Gasteiger partial charge in [0, 0.05) is 13.5 Å². The molecule has 1 aromatic carbocycles. The van der Waals surface area contributed by atoms with Crippen molar-refractivity contribution in [2.75, 3.05) is 7.11 Å². The zero-order valence-electron chi connectivity index (χ0n) is 9.45. The number of carbonyl (C=O) groups is 1. The average Bonchev–Trinajstić information content (AvgIpc) is 2.23. The van der Waals surface area contributed by atoms with Crippen LogP contribution >= 0.6 is 0 Å². The molecule has 0 atom stereocenters. The van der Waals surface area contributed by atoms with E-state index >= 15 is 0 Å². The summed E-state index contributed by atoms with van der Waals surface area (Å²) >= 11 is 0. The van der Waals surface area contributed by atoms with Crippen molar-refractivity contribution in [2.45, 2.75) is 27.2 Å². The summed E-state index contributed by atoms with van der Waals surface area (Å²) in [6, 6.07) is 10.3. The van der Waals surface area contributed by atoms with Crippen LogP contribution in [-0.4, -0.2) is 18.0 Å². The Hall–Kier alpha value is -1.15. The van der Waals surface area contributed by atoms with Crippen LogP contribution in [0.2, 0.25) is 0 Å². The molecular formula is C12H20O2. The van der Waals surface area contributed by atoms with Crippen molar-refractivity contribution >= 4 is 5.78 Å². The van der Waals surface area contributed by atoms with Crippen molar-refractivity contribution in [3.8, 4) is 0 Å². The van der Waals surface area contributed by atoms with Crippen LogP contribution in [0.4, 0.5) is 0 Å². The molecule has 0 aliphatic rings. The summed E-state index contributed by atoms with van der Waals surface area (Å²) in [5.41, 5.74) is 1.32. The van der Waals surface area contributed by atoms with Crippen LogP contribution in [0, 0.1) is 6.92 Å². The molecular weight excluding hydrogens is 176 g/mol. The molecule has 0 amide bonds. The van der Waals surface area contributed by atoms with Gasteiger partial charge < -0.3 is 9.90 Å². The molecule has 0 saturated heterocycles. The largest absolute Gasteiger partial charge is 0.400 e. The predicted molar refractivity (Wildman–Crippen MR) is 60.3 cm³/mol. The van der Waals surface area contributed by atoms with Crippen molar-refractivity contribution in [1.29, 1.82) is 0 Å². The number of Topliss-reactive ketones (excluding diaryl/α,β-unsaturated/α-hetero) is 1. The lowest BCUT2D eigenvalue weighted by Gasteiger charge is -1.82. The number of hydrogen-bond acceptors (Lipinski definition) is 2. The van der Waals surface area contributed by atoms with E-state index in [1.165, 1.54) is 5.56 Å². The van der Waals surface area contributed by atoms with Crippen LogP contribution in [0.15, 0.2) is 30.3 Å². The standard InChI is InChI=1S/C7H8.C4H8O.CH4O/c1-7-5-3-2-4-6-7;1-3-4(2)5;1-2/h2-6H,1H3;3H2,1-2H3;2H,1H3. The highest BCUT2D eigenvalue weighted by molar-refractivity contribution is 5.74. The maximum Gasteiger partial charge on any atom is 0.129 e. The molecule has 0 saturated carbocycles. The Morgan fingerprint density at radius 2 is 1.57 bits per heavy atom. The van der Waals surface area contributed by atoms with Gasteiger partial charge >= 0.3 is 0 Å². The Labute approximate surface area is 86.6 Å². The first-order valence-electron chi connectivity index (χ1n) is 4.62. The molecule has 0 unspecified atom stereocenters. The fourth-order valence-electron chi connectivity index (χ4n) is 0.534. The van der Waals surface area contributed by atoms with Crippen molar-refractivity contribution in [3.05, 3.63) is 35.9 Å². The summed E-state index contributed by atoms with van der Waals surface area (Å²) in [4.78, 5) is 9.81. The molecule has 2 heteroatoms. The van der Waals surface area contributed by atoms with E-state index in [9.17, 15) is 4.79 Å². The molecule has 14 heavy (non-hydrogen) atoms. The van der Waals surface area contributed by atoms with Gasteiger partial charge in [0.05, 0.1) is 0 Å². The number of benzene rings is 1. The molecule has 2 nitrogen and oxygen atoms in total. The van der Waals surface area contributed by atoms with E-state index in [2.05, 4.69) is 19.1 Å². The van der Waals surface area contributed by atoms with Gasteiger partial charge in [-0.25, -0.2) is 0 Å². The van der Waals surface area contributed by atoms with E-state index in [0.29, 0.717) is 6.42 Å². The number of aliphatic hydroxyl groups excluding tert-OH is 1. The molecule has 1 N–H and O–H groups in total. The third-order valence-electron chi connectivity index (χ3n) is 1.44. The Morgan fingerprint density at radius 1 is 1.21 bits per heavy atom. The lowest BCUT2D eigenvalue weighted by atomic mass is 10.2. The number of rotatable bonds is 1. The quantitative estimate of drug-likeness (QED) is 0.749. The number of aliphatic hydroxyl groups is 1. The van der Waals surface area contributed by atoms with Crippen LogP contribution in [0.5, 0.6) is 0 Å².